The standard InChI is InChI=1S/C20H13NO5/c1-24-14-8-6-12(7-9-14)19-21-16(20(23)26-19)10-13-11-25-17-5-3-2-4-15(17)18(13)22/h2-11H,1H3/b16-10-. The van der Waals surface area contributed by atoms with E-state index in [9.17, 15) is 9.59 Å². The molecule has 0 N–H and O–H groups in total. The van der Waals surface area contributed by atoms with Gasteiger partial charge in [0.1, 0.15) is 17.6 Å². The molecule has 2 aromatic carbocycles. The van der Waals surface area contributed by atoms with Gasteiger partial charge in [-0.25, -0.2) is 9.79 Å². The third-order valence-electron chi connectivity index (χ3n) is 3.96. The number of aliphatic imine (C=N–C) groups is 1. The summed E-state index contributed by atoms with van der Waals surface area (Å²) < 4.78 is 15.7. The number of carbonyl (C=O) groups excluding carboxylic acids is 1. The van der Waals surface area contributed by atoms with Crippen LogP contribution in [0.5, 0.6) is 5.75 Å². The molecule has 0 aliphatic carbocycles. The summed E-state index contributed by atoms with van der Waals surface area (Å²) in [6, 6.07) is 13.9. The van der Waals surface area contributed by atoms with Crippen LogP contribution in [0.1, 0.15) is 11.1 Å². The number of rotatable bonds is 3. The minimum atomic E-state index is -0.622. The molecular formula is C20H13NO5. The highest BCUT2D eigenvalue weighted by molar-refractivity contribution is 6.12. The number of cyclic esters (lactones) is 1. The maximum atomic E-state index is 12.5. The lowest BCUT2D eigenvalue weighted by Gasteiger charge is -2.01. The van der Waals surface area contributed by atoms with Crippen LogP contribution in [0.3, 0.4) is 0 Å². The monoisotopic (exact) mass is 347 g/mol. The highest BCUT2D eigenvalue weighted by Gasteiger charge is 2.24. The van der Waals surface area contributed by atoms with Crippen LogP contribution >= 0.6 is 0 Å². The van der Waals surface area contributed by atoms with Crippen molar-refractivity contribution < 1.29 is 18.7 Å². The minimum Gasteiger partial charge on any atom is -0.497 e. The summed E-state index contributed by atoms with van der Waals surface area (Å²) in [5, 5.41) is 0.438. The fourth-order valence-electron chi connectivity index (χ4n) is 2.61. The van der Waals surface area contributed by atoms with E-state index in [4.69, 9.17) is 13.9 Å². The Kier molecular flexibility index (Phi) is 3.85. The van der Waals surface area contributed by atoms with E-state index in [1.807, 2.05) is 0 Å². The lowest BCUT2D eigenvalue weighted by Crippen LogP contribution is -2.07. The van der Waals surface area contributed by atoms with Crippen molar-refractivity contribution in [2.45, 2.75) is 0 Å². The number of hydrogen-bond acceptors (Lipinski definition) is 6. The van der Waals surface area contributed by atoms with Crippen LogP contribution in [-0.4, -0.2) is 19.0 Å². The molecule has 4 rings (SSSR count). The van der Waals surface area contributed by atoms with Gasteiger partial charge < -0.3 is 13.9 Å². The smallest absolute Gasteiger partial charge is 0.363 e. The Morgan fingerprint density at radius 2 is 1.81 bits per heavy atom. The molecule has 1 aliphatic rings. The van der Waals surface area contributed by atoms with Gasteiger partial charge in [0.15, 0.2) is 11.1 Å². The molecule has 0 spiro atoms. The zero-order valence-corrected chi connectivity index (χ0v) is 13.8. The van der Waals surface area contributed by atoms with Crippen molar-refractivity contribution in [3.05, 3.63) is 81.8 Å². The summed E-state index contributed by atoms with van der Waals surface area (Å²) in [5.41, 5.74) is 1.15. The normalized spacial score (nSPS) is 15.2. The number of methoxy groups -OCH3 is 1. The molecule has 2 heterocycles. The van der Waals surface area contributed by atoms with Gasteiger partial charge in [0.2, 0.25) is 5.90 Å². The Morgan fingerprint density at radius 1 is 1.04 bits per heavy atom. The first-order chi connectivity index (χ1) is 12.7. The molecule has 6 heteroatoms. The van der Waals surface area contributed by atoms with Crippen LogP contribution in [0.25, 0.3) is 17.0 Å². The highest BCUT2D eigenvalue weighted by Crippen LogP contribution is 2.21. The van der Waals surface area contributed by atoms with E-state index >= 15 is 0 Å². The van der Waals surface area contributed by atoms with Gasteiger partial charge in [-0.15, -0.1) is 0 Å². The molecule has 3 aromatic rings. The average Bonchev–Trinajstić information content (AvgIpc) is 3.05. The van der Waals surface area contributed by atoms with Gasteiger partial charge in [-0.2, -0.15) is 0 Å². The molecule has 0 bridgehead atoms. The van der Waals surface area contributed by atoms with Gasteiger partial charge in [0.05, 0.1) is 18.1 Å². The van der Waals surface area contributed by atoms with Crippen molar-refractivity contribution in [3.63, 3.8) is 0 Å². The number of hydrogen-bond donors (Lipinski definition) is 0. The van der Waals surface area contributed by atoms with Crippen molar-refractivity contribution in [2.24, 2.45) is 4.99 Å². The lowest BCUT2D eigenvalue weighted by atomic mass is 10.1. The third-order valence-corrected chi connectivity index (χ3v) is 3.96. The molecule has 0 saturated heterocycles. The van der Waals surface area contributed by atoms with E-state index in [1.54, 1.807) is 55.6 Å². The second-order valence-corrected chi connectivity index (χ2v) is 5.58. The zero-order valence-electron chi connectivity index (χ0n) is 13.8. The largest absolute Gasteiger partial charge is 0.497 e. The van der Waals surface area contributed by atoms with Crippen LogP contribution in [0.4, 0.5) is 0 Å². The van der Waals surface area contributed by atoms with Crippen LogP contribution < -0.4 is 10.2 Å². The first kappa shape index (κ1) is 15.8. The molecular weight excluding hydrogens is 334 g/mol. The van der Waals surface area contributed by atoms with E-state index in [2.05, 4.69) is 4.99 Å². The molecule has 1 aromatic heterocycles. The summed E-state index contributed by atoms with van der Waals surface area (Å²) in [6.45, 7) is 0. The number of fused-ring (bicyclic) bond motifs is 1. The number of para-hydroxylation sites is 1. The predicted octanol–water partition coefficient (Wildman–Crippen LogP) is 3.15. The third kappa shape index (κ3) is 2.77. The molecule has 0 amide bonds. The molecule has 128 valence electrons. The summed E-state index contributed by atoms with van der Waals surface area (Å²) in [6.07, 6.45) is 2.68. The zero-order chi connectivity index (χ0) is 18.1. The highest BCUT2D eigenvalue weighted by atomic mass is 16.6. The Labute approximate surface area is 148 Å². The summed E-state index contributed by atoms with van der Waals surface area (Å²) >= 11 is 0. The van der Waals surface area contributed by atoms with E-state index < -0.39 is 5.97 Å². The van der Waals surface area contributed by atoms with E-state index in [1.165, 1.54) is 12.3 Å². The van der Waals surface area contributed by atoms with Crippen molar-refractivity contribution in [3.8, 4) is 5.75 Å². The molecule has 0 saturated carbocycles. The van der Waals surface area contributed by atoms with E-state index in [-0.39, 0.29) is 22.6 Å². The second kappa shape index (κ2) is 6.33. The first-order valence-corrected chi connectivity index (χ1v) is 7.83. The molecule has 0 fully saturated rings. The van der Waals surface area contributed by atoms with Crippen LogP contribution in [0.2, 0.25) is 0 Å². The Balaban J connectivity index is 1.73. The number of ether oxygens (including phenoxy) is 2. The summed E-state index contributed by atoms with van der Waals surface area (Å²) in [4.78, 5) is 28.8. The Hall–Kier alpha value is -3.67. The van der Waals surface area contributed by atoms with Gasteiger partial charge in [-0.1, -0.05) is 12.1 Å². The number of benzene rings is 2. The van der Waals surface area contributed by atoms with Crippen molar-refractivity contribution in [1.82, 2.24) is 0 Å². The lowest BCUT2D eigenvalue weighted by molar-refractivity contribution is -0.129. The number of carbonyl (C=O) groups is 1. The van der Waals surface area contributed by atoms with Crippen LogP contribution in [-0.2, 0) is 9.53 Å². The summed E-state index contributed by atoms with van der Waals surface area (Å²) in [7, 11) is 1.57. The van der Waals surface area contributed by atoms with Crippen LogP contribution in [0.15, 0.2) is 74.7 Å². The first-order valence-electron chi connectivity index (χ1n) is 7.83. The average molecular weight is 347 g/mol. The topological polar surface area (TPSA) is 78.1 Å². The SMILES string of the molecule is COc1ccc(C2=N/C(=C\c3coc4ccccc4c3=O)C(=O)O2)cc1. The fourth-order valence-corrected chi connectivity index (χ4v) is 2.61. The van der Waals surface area contributed by atoms with Crippen molar-refractivity contribution in [2.75, 3.05) is 7.11 Å². The van der Waals surface area contributed by atoms with Crippen molar-refractivity contribution in [1.29, 1.82) is 0 Å². The van der Waals surface area contributed by atoms with Gasteiger partial charge in [-0.3, -0.25) is 4.79 Å². The summed E-state index contributed by atoms with van der Waals surface area (Å²) in [5.74, 6) is 0.237. The van der Waals surface area contributed by atoms with E-state index in [0.29, 0.717) is 22.3 Å². The van der Waals surface area contributed by atoms with Gasteiger partial charge >= 0.3 is 5.97 Å². The van der Waals surface area contributed by atoms with E-state index in [0.717, 1.165) is 0 Å². The molecule has 0 atom stereocenters. The van der Waals surface area contributed by atoms with Gasteiger partial charge in [-0.05, 0) is 42.5 Å². The number of esters is 1. The predicted molar refractivity (Wildman–Crippen MR) is 96.1 cm³/mol. The second-order valence-electron chi connectivity index (χ2n) is 5.58. The maximum absolute atomic E-state index is 12.5. The number of nitrogens with zero attached hydrogens (tertiary/aromatic N) is 1. The molecule has 1 aliphatic heterocycles. The molecule has 0 unspecified atom stereocenters. The Bertz CT molecular complexity index is 1120. The van der Waals surface area contributed by atoms with Gasteiger partial charge in [0.25, 0.3) is 0 Å². The van der Waals surface area contributed by atoms with Gasteiger partial charge in [0, 0.05) is 5.56 Å². The fraction of sp³-hybridized carbons (Fsp3) is 0.0500. The quantitative estimate of drug-likeness (QED) is 0.537. The van der Waals surface area contributed by atoms with Crippen molar-refractivity contribution >= 4 is 28.9 Å². The molecule has 26 heavy (non-hydrogen) atoms. The molecule has 0 radical (unpaired) electrons. The van der Waals surface area contributed by atoms with Crippen LogP contribution in [0, 0.1) is 0 Å². The Morgan fingerprint density at radius 3 is 2.58 bits per heavy atom. The minimum absolute atomic E-state index is 0.0402. The molecule has 6 nitrogen and oxygen atoms in total. The maximum Gasteiger partial charge on any atom is 0.363 e.